The molecule has 1 amide bonds. The number of nitrogen functional groups attached to an aromatic ring is 1. The van der Waals surface area contributed by atoms with Gasteiger partial charge in [0.2, 0.25) is 0 Å². The van der Waals surface area contributed by atoms with Gasteiger partial charge in [-0.05, 0) is 18.7 Å². The molecule has 19 heavy (non-hydrogen) atoms. The van der Waals surface area contributed by atoms with E-state index in [-0.39, 0.29) is 17.1 Å². The van der Waals surface area contributed by atoms with Gasteiger partial charge in [-0.25, -0.2) is 4.98 Å². The van der Waals surface area contributed by atoms with Crippen molar-refractivity contribution in [3.05, 3.63) is 27.9 Å². The van der Waals surface area contributed by atoms with E-state index in [4.69, 9.17) is 5.73 Å². The van der Waals surface area contributed by atoms with Gasteiger partial charge in [-0.15, -0.1) is 0 Å². The van der Waals surface area contributed by atoms with Crippen molar-refractivity contribution >= 4 is 29.2 Å². The monoisotopic (exact) mass is 284 g/mol. The summed E-state index contributed by atoms with van der Waals surface area (Å²) in [6.45, 7) is 2.50. The molecule has 104 valence electrons. The largest absolute Gasteiger partial charge is 0.384 e. The Kier molecular flexibility index (Phi) is 5.56. The average molecular weight is 284 g/mol. The van der Waals surface area contributed by atoms with Gasteiger partial charge in [-0.2, -0.15) is 11.8 Å². The summed E-state index contributed by atoms with van der Waals surface area (Å²) in [4.78, 5) is 25.7. The quantitative estimate of drug-likeness (QED) is 0.604. The molecule has 1 atom stereocenters. The molecule has 0 radical (unpaired) electrons. The van der Waals surface area contributed by atoms with Gasteiger partial charge in [0.15, 0.2) is 0 Å². The van der Waals surface area contributed by atoms with E-state index < -0.39 is 10.8 Å². The minimum atomic E-state index is -0.647. The third-order valence-electron chi connectivity index (χ3n) is 2.58. The molecule has 0 aromatic carbocycles. The summed E-state index contributed by atoms with van der Waals surface area (Å²) in [5.74, 6) is -0.428. The number of carbonyl (C=O) groups excluding carboxylic acids is 1. The predicted octanol–water partition coefficient (Wildman–Crippen LogP) is 1.44. The Bertz CT molecular complexity index is 481. The van der Waals surface area contributed by atoms with E-state index in [0.717, 1.165) is 12.6 Å². The van der Waals surface area contributed by atoms with Gasteiger partial charge in [0.05, 0.1) is 4.92 Å². The molecule has 0 aliphatic rings. The Hall–Kier alpha value is -1.83. The summed E-state index contributed by atoms with van der Waals surface area (Å²) >= 11 is 1.69. The Morgan fingerprint density at radius 1 is 1.68 bits per heavy atom. The van der Waals surface area contributed by atoms with Crippen molar-refractivity contribution in [3.8, 4) is 0 Å². The van der Waals surface area contributed by atoms with Gasteiger partial charge in [0.1, 0.15) is 17.6 Å². The third-order valence-corrected chi connectivity index (χ3v) is 3.62. The summed E-state index contributed by atoms with van der Waals surface area (Å²) < 4.78 is 0. The number of nitrogens with one attached hydrogen (secondary N) is 1. The molecular weight excluding hydrogens is 268 g/mol. The maximum absolute atomic E-state index is 11.9. The molecule has 1 rings (SSSR count). The van der Waals surface area contributed by atoms with Gasteiger partial charge in [-0.1, -0.05) is 6.92 Å². The lowest BCUT2D eigenvalue weighted by Gasteiger charge is -2.09. The van der Waals surface area contributed by atoms with Crippen LogP contribution in [0, 0.1) is 10.1 Å². The van der Waals surface area contributed by atoms with E-state index in [1.807, 2.05) is 13.2 Å². The first-order valence-electron chi connectivity index (χ1n) is 5.66. The number of pyridine rings is 1. The molecule has 1 aromatic heterocycles. The van der Waals surface area contributed by atoms with Crippen LogP contribution < -0.4 is 11.1 Å². The Morgan fingerprint density at radius 3 is 2.95 bits per heavy atom. The lowest BCUT2D eigenvalue weighted by molar-refractivity contribution is -0.385. The second-order valence-electron chi connectivity index (χ2n) is 3.97. The van der Waals surface area contributed by atoms with Gasteiger partial charge in [-0.3, -0.25) is 14.9 Å². The van der Waals surface area contributed by atoms with Crippen LogP contribution >= 0.6 is 11.8 Å². The predicted molar refractivity (Wildman–Crippen MR) is 75.2 cm³/mol. The standard InChI is InChI=1S/C11H16N4O3S/c1-7(19-2)3-4-13-11(16)8-5-10(12)14-6-9(8)15(17)18/h5-7H,3-4H2,1-2H3,(H2,12,14)(H,13,16). The molecule has 8 heteroatoms. The average Bonchev–Trinajstić information content (AvgIpc) is 2.37. The van der Waals surface area contributed by atoms with E-state index in [1.165, 1.54) is 6.07 Å². The van der Waals surface area contributed by atoms with Crippen LogP contribution in [-0.4, -0.2) is 33.9 Å². The summed E-state index contributed by atoms with van der Waals surface area (Å²) in [6.07, 6.45) is 3.77. The molecule has 0 aliphatic heterocycles. The Labute approximate surface area is 115 Å². The fourth-order valence-corrected chi connectivity index (χ4v) is 1.75. The molecule has 3 N–H and O–H groups in total. The zero-order valence-corrected chi connectivity index (χ0v) is 11.6. The fourth-order valence-electron chi connectivity index (χ4n) is 1.39. The summed E-state index contributed by atoms with van der Waals surface area (Å²) in [7, 11) is 0. The number of hydrogen-bond acceptors (Lipinski definition) is 6. The number of amides is 1. The van der Waals surface area contributed by atoms with Crippen molar-refractivity contribution in [1.82, 2.24) is 10.3 Å². The highest BCUT2D eigenvalue weighted by molar-refractivity contribution is 7.99. The number of nitrogens with zero attached hydrogens (tertiary/aromatic N) is 2. The molecule has 0 aliphatic carbocycles. The first-order valence-corrected chi connectivity index (χ1v) is 6.95. The van der Waals surface area contributed by atoms with Crippen LogP contribution in [0.4, 0.5) is 11.5 Å². The van der Waals surface area contributed by atoms with E-state index in [9.17, 15) is 14.9 Å². The van der Waals surface area contributed by atoms with E-state index in [2.05, 4.69) is 10.3 Å². The second-order valence-corrected chi connectivity index (χ2v) is 5.25. The first-order chi connectivity index (χ1) is 8.95. The lowest BCUT2D eigenvalue weighted by Crippen LogP contribution is -2.27. The molecule has 0 saturated carbocycles. The molecule has 0 fully saturated rings. The van der Waals surface area contributed by atoms with E-state index in [1.54, 1.807) is 11.8 Å². The topological polar surface area (TPSA) is 111 Å². The van der Waals surface area contributed by atoms with Crippen molar-refractivity contribution in [2.45, 2.75) is 18.6 Å². The summed E-state index contributed by atoms with van der Waals surface area (Å²) in [5.41, 5.74) is 5.04. The normalized spacial score (nSPS) is 11.9. The maximum Gasteiger partial charge on any atom is 0.300 e. The molecule has 7 nitrogen and oxygen atoms in total. The number of hydrogen-bond donors (Lipinski definition) is 2. The van der Waals surface area contributed by atoms with Crippen molar-refractivity contribution < 1.29 is 9.72 Å². The maximum atomic E-state index is 11.9. The number of nitrogens with two attached hydrogens (primary N) is 1. The highest BCUT2D eigenvalue weighted by Crippen LogP contribution is 2.18. The molecule has 1 unspecified atom stereocenters. The van der Waals surface area contributed by atoms with Gasteiger partial charge < -0.3 is 11.1 Å². The summed E-state index contributed by atoms with van der Waals surface area (Å²) in [5, 5.41) is 13.9. The van der Waals surface area contributed by atoms with Gasteiger partial charge >= 0.3 is 0 Å². The number of carbonyl (C=O) groups is 1. The molecular formula is C11H16N4O3S. The van der Waals surface area contributed by atoms with Crippen LogP contribution in [0.3, 0.4) is 0 Å². The number of anilines is 1. The first kappa shape index (κ1) is 15.2. The van der Waals surface area contributed by atoms with Gasteiger partial charge in [0, 0.05) is 11.8 Å². The van der Waals surface area contributed by atoms with Crippen LogP contribution in [0.15, 0.2) is 12.3 Å². The van der Waals surface area contributed by atoms with Crippen molar-refractivity contribution in [2.24, 2.45) is 0 Å². The van der Waals surface area contributed by atoms with Crippen LogP contribution in [0.2, 0.25) is 0 Å². The van der Waals surface area contributed by atoms with Gasteiger partial charge in [0.25, 0.3) is 11.6 Å². The SMILES string of the molecule is CSC(C)CCNC(=O)c1cc(N)ncc1[N+](=O)[O-]. The molecule has 0 saturated heterocycles. The number of thioether (sulfide) groups is 1. The molecule has 0 spiro atoms. The smallest absolute Gasteiger partial charge is 0.300 e. The van der Waals surface area contributed by atoms with Crippen LogP contribution in [0.1, 0.15) is 23.7 Å². The number of rotatable bonds is 6. The third kappa shape index (κ3) is 4.40. The zero-order chi connectivity index (χ0) is 14.4. The van der Waals surface area contributed by atoms with E-state index in [0.29, 0.717) is 11.8 Å². The Morgan fingerprint density at radius 2 is 2.37 bits per heavy atom. The molecule has 1 heterocycles. The minimum Gasteiger partial charge on any atom is -0.384 e. The minimum absolute atomic E-state index is 0.0608. The highest BCUT2D eigenvalue weighted by atomic mass is 32.2. The van der Waals surface area contributed by atoms with Crippen LogP contribution in [0.5, 0.6) is 0 Å². The van der Waals surface area contributed by atoms with Crippen LogP contribution in [0.25, 0.3) is 0 Å². The summed E-state index contributed by atoms with van der Waals surface area (Å²) in [6, 6.07) is 1.21. The van der Waals surface area contributed by atoms with Crippen molar-refractivity contribution in [3.63, 3.8) is 0 Å². The number of nitro groups is 1. The zero-order valence-electron chi connectivity index (χ0n) is 10.8. The lowest BCUT2D eigenvalue weighted by atomic mass is 10.2. The molecule has 0 bridgehead atoms. The number of aromatic nitrogens is 1. The van der Waals surface area contributed by atoms with Crippen LogP contribution in [-0.2, 0) is 0 Å². The highest BCUT2D eigenvalue weighted by Gasteiger charge is 2.20. The van der Waals surface area contributed by atoms with Crippen molar-refractivity contribution in [2.75, 3.05) is 18.5 Å². The van der Waals surface area contributed by atoms with E-state index >= 15 is 0 Å². The molecule has 1 aromatic rings. The second kappa shape index (κ2) is 6.93. The fraction of sp³-hybridized carbons (Fsp3) is 0.455. The van der Waals surface area contributed by atoms with Crippen molar-refractivity contribution in [1.29, 1.82) is 0 Å². The Balaban J connectivity index is 2.76.